The average molecular weight is 549 g/mol. The van der Waals surface area contributed by atoms with Crippen molar-refractivity contribution in [2.45, 2.75) is 32.2 Å². The van der Waals surface area contributed by atoms with Crippen LogP contribution in [0.3, 0.4) is 0 Å². The van der Waals surface area contributed by atoms with Gasteiger partial charge in [-0.3, -0.25) is 4.40 Å². The zero-order chi connectivity index (χ0) is 28.2. The van der Waals surface area contributed by atoms with E-state index < -0.39 is 5.97 Å². The molecule has 0 unspecified atom stereocenters. The van der Waals surface area contributed by atoms with E-state index in [1.54, 1.807) is 32.6 Å². The fourth-order valence-corrected chi connectivity index (χ4v) is 4.60. The second-order valence-corrected chi connectivity index (χ2v) is 9.53. The van der Waals surface area contributed by atoms with Crippen molar-refractivity contribution in [2.75, 3.05) is 19.0 Å². The lowest BCUT2D eigenvalue weighted by molar-refractivity contribution is -0.137. The molecule has 0 amide bonds. The van der Waals surface area contributed by atoms with Crippen LogP contribution < -0.4 is 10.1 Å². The van der Waals surface area contributed by atoms with E-state index in [-0.39, 0.29) is 0 Å². The van der Waals surface area contributed by atoms with E-state index in [0.717, 1.165) is 40.9 Å². The van der Waals surface area contributed by atoms with Crippen molar-refractivity contribution in [1.29, 1.82) is 0 Å². The lowest BCUT2D eigenvalue weighted by Crippen LogP contribution is -2.07. The van der Waals surface area contributed by atoms with Gasteiger partial charge in [0.1, 0.15) is 24.0 Å². The van der Waals surface area contributed by atoms with Crippen LogP contribution in [0.25, 0.3) is 34.2 Å². The number of anilines is 1. The first-order chi connectivity index (χ1) is 20.1. The zero-order valence-corrected chi connectivity index (χ0v) is 22.7. The molecule has 0 aliphatic heterocycles. The van der Waals surface area contributed by atoms with Crippen LogP contribution in [0.5, 0.6) is 5.88 Å². The Labute approximate surface area is 236 Å². The molecule has 5 aromatic rings. The molecule has 1 N–H and O–H groups in total. The largest absolute Gasteiger partial charge is 0.480 e. The van der Waals surface area contributed by atoms with Crippen molar-refractivity contribution in [3.63, 3.8) is 0 Å². The van der Waals surface area contributed by atoms with E-state index in [4.69, 9.17) is 14.5 Å². The Morgan fingerprint density at radius 3 is 2.78 bits per heavy atom. The highest BCUT2D eigenvalue weighted by Crippen LogP contribution is 2.45. The lowest BCUT2D eigenvalue weighted by Gasteiger charge is -2.14. The van der Waals surface area contributed by atoms with Gasteiger partial charge in [-0.2, -0.15) is 0 Å². The highest BCUT2D eigenvalue weighted by molar-refractivity contribution is 5.88. The van der Waals surface area contributed by atoms with Gasteiger partial charge < -0.3 is 14.8 Å². The molecule has 1 aliphatic rings. The third kappa shape index (κ3) is 5.60. The maximum atomic E-state index is 12.0. The molecule has 1 aliphatic carbocycles. The first-order valence-corrected chi connectivity index (χ1v) is 13.4. The van der Waals surface area contributed by atoms with Gasteiger partial charge in [0.2, 0.25) is 5.88 Å². The summed E-state index contributed by atoms with van der Waals surface area (Å²) in [4.78, 5) is 30.3. The van der Waals surface area contributed by atoms with Crippen molar-refractivity contribution in [3.8, 4) is 28.4 Å². The summed E-state index contributed by atoms with van der Waals surface area (Å²) in [5.41, 5.74) is 6.10. The predicted octanol–water partition coefficient (Wildman–Crippen LogP) is 4.72. The van der Waals surface area contributed by atoms with Crippen molar-refractivity contribution >= 4 is 23.5 Å². The Balaban J connectivity index is 1.30. The van der Waals surface area contributed by atoms with Gasteiger partial charge in [-0.25, -0.2) is 24.7 Å². The number of fused-ring (bicyclic) bond motifs is 1. The van der Waals surface area contributed by atoms with Crippen molar-refractivity contribution in [3.05, 3.63) is 84.3 Å². The quantitative estimate of drug-likeness (QED) is 0.193. The molecule has 11 heteroatoms. The minimum atomic E-state index is -0.435. The Morgan fingerprint density at radius 1 is 1.15 bits per heavy atom. The van der Waals surface area contributed by atoms with Gasteiger partial charge in [-0.15, -0.1) is 10.2 Å². The van der Waals surface area contributed by atoms with Crippen LogP contribution in [-0.4, -0.2) is 54.2 Å². The predicted molar refractivity (Wildman–Crippen MR) is 153 cm³/mol. The highest BCUT2D eigenvalue weighted by Gasteiger charge is 2.31. The molecule has 1 fully saturated rings. The summed E-state index contributed by atoms with van der Waals surface area (Å²) < 4.78 is 12.5. The van der Waals surface area contributed by atoms with Crippen molar-refractivity contribution in [2.24, 2.45) is 0 Å². The van der Waals surface area contributed by atoms with E-state index in [9.17, 15) is 4.79 Å². The first kappa shape index (κ1) is 26.1. The molecular formula is C30H28N8O3. The first-order valence-electron chi connectivity index (χ1n) is 13.4. The molecule has 1 saturated carbocycles. The number of pyridine rings is 1. The zero-order valence-electron chi connectivity index (χ0n) is 22.7. The number of carbonyl (C=O) groups excluding carboxylic acids is 1. The molecule has 206 valence electrons. The summed E-state index contributed by atoms with van der Waals surface area (Å²) in [6.45, 7) is 2.55. The van der Waals surface area contributed by atoms with Crippen LogP contribution in [0.1, 0.15) is 42.5 Å². The van der Waals surface area contributed by atoms with Gasteiger partial charge in [-0.05, 0) is 49.1 Å². The Hall–Kier alpha value is -5.19. The van der Waals surface area contributed by atoms with Crippen LogP contribution in [0.2, 0.25) is 0 Å². The van der Waals surface area contributed by atoms with Crippen LogP contribution in [0, 0.1) is 0 Å². The van der Waals surface area contributed by atoms with Crippen LogP contribution in [-0.2, 0) is 16.1 Å². The smallest absolute Gasteiger partial charge is 0.330 e. The van der Waals surface area contributed by atoms with Crippen molar-refractivity contribution < 1.29 is 14.3 Å². The maximum Gasteiger partial charge on any atom is 0.330 e. The monoisotopic (exact) mass is 548 g/mol. The number of ether oxygens (including phenoxy) is 2. The summed E-state index contributed by atoms with van der Waals surface area (Å²) in [6.07, 6.45) is 11.9. The van der Waals surface area contributed by atoms with E-state index >= 15 is 0 Å². The minimum Gasteiger partial charge on any atom is -0.480 e. The number of esters is 1. The third-order valence-corrected chi connectivity index (χ3v) is 6.77. The Bertz CT molecular complexity index is 1730. The number of methoxy groups -OCH3 is 1. The summed E-state index contributed by atoms with van der Waals surface area (Å²) in [5.74, 6) is 1.35. The third-order valence-electron chi connectivity index (χ3n) is 6.77. The maximum absolute atomic E-state index is 12.0. The number of nitrogens with one attached hydrogen (secondary N) is 1. The van der Waals surface area contributed by atoms with Crippen LogP contribution >= 0.6 is 0 Å². The summed E-state index contributed by atoms with van der Waals surface area (Å²) in [5, 5.41) is 11.7. The number of carbonyl (C=O) groups is 1. The number of rotatable bonds is 10. The fourth-order valence-electron chi connectivity index (χ4n) is 4.60. The van der Waals surface area contributed by atoms with Gasteiger partial charge in [0.05, 0.1) is 19.4 Å². The highest BCUT2D eigenvalue weighted by atomic mass is 16.5. The van der Waals surface area contributed by atoms with Crippen LogP contribution in [0.4, 0.5) is 5.82 Å². The molecule has 4 heterocycles. The molecule has 41 heavy (non-hydrogen) atoms. The Kier molecular flexibility index (Phi) is 7.31. The summed E-state index contributed by atoms with van der Waals surface area (Å²) >= 11 is 0. The van der Waals surface area contributed by atoms with Gasteiger partial charge in [-0.1, -0.05) is 24.3 Å². The summed E-state index contributed by atoms with van der Waals surface area (Å²) in [7, 11) is 1.57. The van der Waals surface area contributed by atoms with Gasteiger partial charge in [0.15, 0.2) is 11.5 Å². The van der Waals surface area contributed by atoms with E-state index in [1.165, 1.54) is 12.4 Å². The number of aromatic nitrogens is 7. The molecule has 11 nitrogen and oxygen atoms in total. The normalized spacial score (nSPS) is 13.0. The standard InChI is InChI=1S/C30H28N8O3/c1-3-41-24(39)13-12-22-16-32-28(25-26(21-10-11-21)33-17-34-30(25)40-2)36-27(22)31-15-19-6-8-20(9-7-19)23-5-4-14-38-18-35-37-29(23)38/h4-9,12-14,16-18,21H,3,10-11,15H2,1-2H3,(H,31,32,36)/b13-12+. The number of nitrogens with zero attached hydrogens (tertiary/aromatic N) is 7. The molecular weight excluding hydrogens is 520 g/mol. The van der Waals surface area contributed by atoms with E-state index in [1.807, 2.05) is 22.7 Å². The van der Waals surface area contributed by atoms with Gasteiger partial charge in [0, 0.05) is 42.1 Å². The van der Waals surface area contributed by atoms with Crippen LogP contribution in [0.15, 0.2) is 67.5 Å². The number of hydrogen-bond acceptors (Lipinski definition) is 10. The van der Waals surface area contributed by atoms with Crippen molar-refractivity contribution in [1.82, 2.24) is 34.5 Å². The average Bonchev–Trinajstić information content (AvgIpc) is 3.75. The van der Waals surface area contributed by atoms with Gasteiger partial charge in [0.25, 0.3) is 0 Å². The lowest BCUT2D eigenvalue weighted by atomic mass is 10.0. The molecule has 6 rings (SSSR count). The fraction of sp³-hybridized carbons (Fsp3) is 0.233. The molecule has 0 saturated heterocycles. The minimum absolute atomic E-state index is 0.295. The molecule has 0 spiro atoms. The molecule has 1 aromatic carbocycles. The number of hydrogen-bond donors (Lipinski definition) is 1. The van der Waals surface area contributed by atoms with Gasteiger partial charge >= 0.3 is 5.97 Å². The second kappa shape index (κ2) is 11.5. The SMILES string of the molecule is CCOC(=O)/C=C/c1cnc(-c2c(OC)ncnc2C2CC2)nc1NCc1ccc(-c2cccn3cnnc23)cc1. The molecule has 0 atom stereocenters. The topological polar surface area (TPSA) is 129 Å². The Morgan fingerprint density at radius 2 is 2.00 bits per heavy atom. The summed E-state index contributed by atoms with van der Waals surface area (Å²) in [6, 6.07) is 12.2. The second-order valence-electron chi connectivity index (χ2n) is 9.53. The van der Waals surface area contributed by atoms with E-state index in [0.29, 0.717) is 47.7 Å². The molecule has 4 aromatic heterocycles. The molecule has 0 radical (unpaired) electrons. The number of benzene rings is 1. The van der Waals surface area contributed by atoms with E-state index in [2.05, 4.69) is 54.7 Å². The molecule has 0 bridgehead atoms.